The summed E-state index contributed by atoms with van der Waals surface area (Å²) in [5.41, 5.74) is 0.278. The highest BCUT2D eigenvalue weighted by Gasteiger charge is 2.50. The van der Waals surface area contributed by atoms with E-state index >= 15 is 0 Å². The van der Waals surface area contributed by atoms with Crippen molar-refractivity contribution in [3.8, 4) is 5.75 Å². The van der Waals surface area contributed by atoms with Crippen molar-refractivity contribution in [1.82, 2.24) is 4.90 Å². The highest BCUT2D eigenvalue weighted by Crippen LogP contribution is 2.40. The van der Waals surface area contributed by atoms with E-state index < -0.39 is 18.0 Å². The number of phenolic OH excluding ortho intramolecular Hbond substituents is 1. The Hall–Kier alpha value is -2.08. The molecule has 1 aromatic carbocycles. The number of benzene rings is 1. The Morgan fingerprint density at radius 3 is 2.78 bits per heavy atom. The highest BCUT2D eigenvalue weighted by atomic mass is 16.6. The first-order valence-corrected chi connectivity index (χ1v) is 7.81. The second-order valence-electron chi connectivity index (χ2n) is 6.24. The van der Waals surface area contributed by atoms with Crippen LogP contribution in [0.15, 0.2) is 24.3 Å². The fourth-order valence-electron chi connectivity index (χ4n) is 3.83. The minimum Gasteiger partial charge on any atom is -0.508 e. The Bertz CT molecular complexity index is 617. The van der Waals surface area contributed by atoms with Crippen LogP contribution in [0.5, 0.6) is 5.75 Å². The lowest BCUT2D eigenvalue weighted by atomic mass is 9.87. The van der Waals surface area contributed by atoms with E-state index in [9.17, 15) is 14.7 Å². The maximum atomic E-state index is 12.3. The number of fused-ring (bicyclic) bond motifs is 2. The number of esters is 2. The van der Waals surface area contributed by atoms with Gasteiger partial charge in [-0.2, -0.15) is 0 Å². The van der Waals surface area contributed by atoms with E-state index in [1.165, 1.54) is 19.2 Å². The number of ether oxygens (including phenoxy) is 2. The molecule has 2 saturated heterocycles. The Morgan fingerprint density at radius 1 is 1.30 bits per heavy atom. The average Bonchev–Trinajstić information content (AvgIpc) is 2.78. The number of aromatic hydroxyl groups is 1. The Morgan fingerprint density at radius 2 is 2.09 bits per heavy atom. The van der Waals surface area contributed by atoms with Crippen molar-refractivity contribution in [3.05, 3.63) is 29.8 Å². The van der Waals surface area contributed by atoms with Crippen LogP contribution in [-0.4, -0.2) is 54.3 Å². The summed E-state index contributed by atoms with van der Waals surface area (Å²) in [5.74, 6) is -1.32. The van der Waals surface area contributed by atoms with Crippen molar-refractivity contribution in [2.75, 3.05) is 14.2 Å². The number of carbonyl (C=O) groups is 2. The topological polar surface area (TPSA) is 76.1 Å². The molecular formula is C17H21NO5. The zero-order valence-corrected chi connectivity index (χ0v) is 13.3. The van der Waals surface area contributed by atoms with Gasteiger partial charge in [-0.1, -0.05) is 6.07 Å². The fourth-order valence-corrected chi connectivity index (χ4v) is 3.83. The number of rotatable bonds is 3. The molecule has 6 nitrogen and oxygen atoms in total. The third-order valence-electron chi connectivity index (χ3n) is 5.03. The van der Waals surface area contributed by atoms with Crippen molar-refractivity contribution >= 4 is 11.9 Å². The first-order valence-electron chi connectivity index (χ1n) is 7.81. The first kappa shape index (κ1) is 15.8. The molecule has 0 spiro atoms. The van der Waals surface area contributed by atoms with Gasteiger partial charge in [0, 0.05) is 18.5 Å². The minimum atomic E-state index is -0.524. The number of hydrogen-bond acceptors (Lipinski definition) is 6. The molecular weight excluding hydrogens is 298 g/mol. The third-order valence-corrected chi connectivity index (χ3v) is 5.03. The monoisotopic (exact) mass is 319 g/mol. The predicted molar refractivity (Wildman–Crippen MR) is 82.0 cm³/mol. The molecule has 0 aliphatic carbocycles. The largest absolute Gasteiger partial charge is 0.508 e. The van der Waals surface area contributed by atoms with Gasteiger partial charge < -0.3 is 14.6 Å². The van der Waals surface area contributed by atoms with Gasteiger partial charge >= 0.3 is 11.9 Å². The number of nitrogens with zero attached hydrogens (tertiary/aromatic N) is 1. The summed E-state index contributed by atoms with van der Waals surface area (Å²) >= 11 is 0. The number of hydrogen-bond donors (Lipinski definition) is 1. The second kappa shape index (κ2) is 6.20. The van der Waals surface area contributed by atoms with Crippen molar-refractivity contribution in [2.24, 2.45) is 5.92 Å². The van der Waals surface area contributed by atoms with E-state index in [4.69, 9.17) is 9.47 Å². The summed E-state index contributed by atoms with van der Waals surface area (Å²) in [6, 6.07) is 6.38. The van der Waals surface area contributed by atoms with Crippen LogP contribution in [0.25, 0.3) is 0 Å². The number of piperidine rings is 1. The summed E-state index contributed by atoms with van der Waals surface area (Å²) in [6.07, 6.45) is 2.03. The molecule has 2 fully saturated rings. The molecule has 0 aromatic heterocycles. The van der Waals surface area contributed by atoms with Crippen LogP contribution in [0.4, 0.5) is 0 Å². The van der Waals surface area contributed by atoms with Crippen LogP contribution in [0, 0.1) is 5.92 Å². The Kier molecular flexibility index (Phi) is 4.26. The van der Waals surface area contributed by atoms with E-state index in [0.717, 1.165) is 12.8 Å². The first-order chi connectivity index (χ1) is 11.0. The molecule has 4 atom stereocenters. The molecule has 1 N–H and O–H groups in total. The predicted octanol–water partition coefficient (Wildman–Crippen LogP) is 1.57. The lowest BCUT2D eigenvalue weighted by Crippen LogP contribution is -2.53. The van der Waals surface area contributed by atoms with Gasteiger partial charge in [-0.3, -0.25) is 9.69 Å². The summed E-state index contributed by atoms with van der Waals surface area (Å²) < 4.78 is 10.5. The minimum absolute atomic E-state index is 0.00687. The SMILES string of the molecule is COC(=O)C1C(OC(=O)c2cccc(O)c2)CC2CC[C@H]1N2C. The molecule has 0 amide bonds. The van der Waals surface area contributed by atoms with Gasteiger partial charge in [-0.05, 0) is 38.1 Å². The third kappa shape index (κ3) is 2.91. The number of methoxy groups -OCH3 is 1. The van der Waals surface area contributed by atoms with Crippen LogP contribution in [0.1, 0.15) is 29.6 Å². The van der Waals surface area contributed by atoms with Crippen LogP contribution < -0.4 is 0 Å². The second-order valence-corrected chi connectivity index (χ2v) is 6.24. The Labute approximate surface area is 135 Å². The smallest absolute Gasteiger partial charge is 0.338 e. The molecule has 124 valence electrons. The lowest BCUT2D eigenvalue weighted by molar-refractivity contribution is -0.156. The van der Waals surface area contributed by atoms with E-state index in [0.29, 0.717) is 12.5 Å². The maximum absolute atomic E-state index is 12.3. The van der Waals surface area contributed by atoms with Crippen LogP contribution in [-0.2, 0) is 14.3 Å². The van der Waals surface area contributed by atoms with Gasteiger partial charge in [0.25, 0.3) is 0 Å². The molecule has 2 aliphatic rings. The normalized spacial score (nSPS) is 30.0. The molecule has 2 bridgehead atoms. The summed E-state index contributed by atoms with van der Waals surface area (Å²) in [4.78, 5) is 26.7. The molecule has 1 aromatic rings. The van der Waals surface area contributed by atoms with E-state index in [1.807, 2.05) is 7.05 Å². The van der Waals surface area contributed by atoms with Crippen molar-refractivity contribution in [2.45, 2.75) is 37.5 Å². The van der Waals surface area contributed by atoms with Gasteiger partial charge in [-0.25, -0.2) is 4.79 Å². The number of carbonyl (C=O) groups excluding carboxylic acids is 2. The van der Waals surface area contributed by atoms with Gasteiger partial charge in [0.15, 0.2) is 0 Å². The average molecular weight is 319 g/mol. The van der Waals surface area contributed by atoms with Gasteiger partial charge in [0.2, 0.25) is 0 Å². The summed E-state index contributed by atoms with van der Waals surface area (Å²) in [7, 11) is 3.36. The van der Waals surface area contributed by atoms with Gasteiger partial charge in [-0.15, -0.1) is 0 Å². The fraction of sp³-hybridized carbons (Fsp3) is 0.529. The molecule has 0 saturated carbocycles. The van der Waals surface area contributed by atoms with Crippen molar-refractivity contribution in [1.29, 1.82) is 0 Å². The molecule has 3 unspecified atom stereocenters. The van der Waals surface area contributed by atoms with E-state index in [1.54, 1.807) is 12.1 Å². The highest BCUT2D eigenvalue weighted by molar-refractivity contribution is 5.90. The maximum Gasteiger partial charge on any atom is 0.338 e. The zero-order valence-electron chi connectivity index (χ0n) is 13.3. The quantitative estimate of drug-likeness (QED) is 0.852. The zero-order chi connectivity index (χ0) is 16.6. The molecule has 0 radical (unpaired) electrons. The lowest BCUT2D eigenvalue weighted by Gasteiger charge is -2.40. The summed E-state index contributed by atoms with van der Waals surface area (Å²) in [6.45, 7) is 0. The van der Waals surface area contributed by atoms with E-state index in [-0.39, 0.29) is 23.3 Å². The molecule has 6 heteroatoms. The van der Waals surface area contributed by atoms with Crippen molar-refractivity contribution in [3.63, 3.8) is 0 Å². The van der Waals surface area contributed by atoms with Crippen LogP contribution >= 0.6 is 0 Å². The molecule has 23 heavy (non-hydrogen) atoms. The standard InChI is InChI=1S/C17H21NO5/c1-18-11-6-7-13(18)15(17(21)22-2)14(9-11)23-16(20)10-4-3-5-12(19)8-10/h3-5,8,11,13-15,19H,6-7,9H2,1-2H3/t11?,13-,14?,15?/m1/s1. The van der Waals surface area contributed by atoms with Crippen molar-refractivity contribution < 1.29 is 24.2 Å². The molecule has 2 aliphatic heterocycles. The summed E-state index contributed by atoms with van der Waals surface area (Å²) in [5, 5.41) is 9.49. The van der Waals surface area contributed by atoms with Crippen LogP contribution in [0.2, 0.25) is 0 Å². The molecule has 2 heterocycles. The molecule has 3 rings (SSSR count). The van der Waals surface area contributed by atoms with E-state index in [2.05, 4.69) is 4.90 Å². The van der Waals surface area contributed by atoms with Gasteiger partial charge in [0.1, 0.15) is 17.8 Å². The Balaban J connectivity index is 1.80. The number of phenols is 1. The van der Waals surface area contributed by atoms with Crippen LogP contribution in [0.3, 0.4) is 0 Å². The van der Waals surface area contributed by atoms with Gasteiger partial charge in [0.05, 0.1) is 12.7 Å².